The average Bonchev–Trinajstić information content (AvgIpc) is 2.37. The number of nitrogens with zero attached hydrogens (tertiary/aromatic N) is 1. The second-order valence-corrected chi connectivity index (χ2v) is 5.81. The summed E-state index contributed by atoms with van der Waals surface area (Å²) < 4.78 is 12.7. The highest BCUT2D eigenvalue weighted by molar-refractivity contribution is 8.00. The third kappa shape index (κ3) is 4.56. The molecule has 3 nitrogen and oxygen atoms in total. The summed E-state index contributed by atoms with van der Waals surface area (Å²) in [5, 5.41) is 11.8. The Balaban J connectivity index is 2.53. The van der Waals surface area contributed by atoms with Gasteiger partial charge in [0.1, 0.15) is 11.4 Å². The minimum Gasteiger partial charge on any atom is -0.337 e. The number of carbonyl (C=O) groups is 1. The van der Waals surface area contributed by atoms with E-state index in [1.54, 1.807) is 19.1 Å². The molecule has 1 rings (SSSR count). The number of thioether (sulfide) groups is 1. The summed E-state index contributed by atoms with van der Waals surface area (Å²) in [6, 6.07) is 8.08. The van der Waals surface area contributed by atoms with Crippen LogP contribution in [0.4, 0.5) is 4.39 Å². The van der Waals surface area contributed by atoms with Crippen LogP contribution in [-0.2, 0) is 4.79 Å². The predicted molar refractivity (Wildman–Crippen MR) is 74.1 cm³/mol. The van der Waals surface area contributed by atoms with Gasteiger partial charge in [0.15, 0.2) is 0 Å². The number of benzene rings is 1. The van der Waals surface area contributed by atoms with Crippen LogP contribution in [-0.4, -0.2) is 17.2 Å². The molecule has 0 aliphatic rings. The van der Waals surface area contributed by atoms with E-state index in [0.29, 0.717) is 0 Å². The number of hydrogen-bond donors (Lipinski definition) is 1. The van der Waals surface area contributed by atoms with Gasteiger partial charge in [0, 0.05) is 4.90 Å². The Kier molecular flexibility index (Phi) is 5.37. The normalized spacial score (nSPS) is 13.7. The van der Waals surface area contributed by atoms with Crippen molar-refractivity contribution in [2.75, 3.05) is 5.75 Å². The van der Waals surface area contributed by atoms with Gasteiger partial charge in [0.05, 0.1) is 11.8 Å². The van der Waals surface area contributed by atoms with E-state index < -0.39 is 5.54 Å². The molecule has 5 heteroatoms. The molecule has 0 aliphatic heterocycles. The van der Waals surface area contributed by atoms with E-state index in [1.807, 2.05) is 13.8 Å². The summed E-state index contributed by atoms with van der Waals surface area (Å²) in [5.41, 5.74) is -0.861. The zero-order valence-electron chi connectivity index (χ0n) is 11.2. The number of carbonyl (C=O) groups excluding carboxylic acids is 1. The van der Waals surface area contributed by atoms with Crippen LogP contribution < -0.4 is 5.32 Å². The lowest BCUT2D eigenvalue weighted by atomic mass is 9.90. The first-order valence-corrected chi connectivity index (χ1v) is 6.96. The van der Waals surface area contributed by atoms with Crippen molar-refractivity contribution in [1.29, 1.82) is 5.26 Å². The first-order chi connectivity index (χ1) is 8.87. The largest absolute Gasteiger partial charge is 0.337 e. The van der Waals surface area contributed by atoms with Crippen molar-refractivity contribution >= 4 is 17.7 Å². The van der Waals surface area contributed by atoms with Crippen LogP contribution in [0.15, 0.2) is 29.2 Å². The molecular formula is C14H17FN2OS. The lowest BCUT2D eigenvalue weighted by Gasteiger charge is -2.27. The highest BCUT2D eigenvalue weighted by Crippen LogP contribution is 2.19. The van der Waals surface area contributed by atoms with Crippen LogP contribution in [0, 0.1) is 23.1 Å². The minimum absolute atomic E-state index is 0.0253. The first kappa shape index (κ1) is 15.5. The molecule has 1 atom stereocenters. The summed E-state index contributed by atoms with van der Waals surface area (Å²) in [7, 11) is 0. The second-order valence-electron chi connectivity index (χ2n) is 4.76. The SMILES string of the molecule is CC(C)[C@@](C)(C#N)NC(=O)CSc1ccc(F)cc1. The third-order valence-corrected chi connectivity index (χ3v) is 3.98. The molecule has 1 aromatic carbocycles. The molecule has 1 N–H and O–H groups in total. The third-order valence-electron chi connectivity index (χ3n) is 2.97. The highest BCUT2D eigenvalue weighted by Gasteiger charge is 2.29. The Morgan fingerprint density at radius 2 is 2.05 bits per heavy atom. The van der Waals surface area contributed by atoms with Gasteiger partial charge in [0.25, 0.3) is 0 Å². The van der Waals surface area contributed by atoms with Crippen LogP contribution in [0.2, 0.25) is 0 Å². The summed E-state index contributed by atoms with van der Waals surface area (Å²) in [6.07, 6.45) is 0. The van der Waals surface area contributed by atoms with E-state index >= 15 is 0 Å². The summed E-state index contributed by atoms with van der Waals surface area (Å²) >= 11 is 1.31. The summed E-state index contributed by atoms with van der Waals surface area (Å²) in [5.74, 6) is -0.273. The first-order valence-electron chi connectivity index (χ1n) is 5.98. The predicted octanol–water partition coefficient (Wildman–Crippen LogP) is 2.97. The fourth-order valence-corrected chi connectivity index (χ4v) is 2.01. The van der Waals surface area contributed by atoms with Crippen molar-refractivity contribution in [3.63, 3.8) is 0 Å². The molecule has 0 saturated carbocycles. The van der Waals surface area contributed by atoms with Gasteiger partial charge < -0.3 is 5.32 Å². The van der Waals surface area contributed by atoms with Gasteiger partial charge in [-0.25, -0.2) is 4.39 Å². The molecular weight excluding hydrogens is 263 g/mol. The van der Waals surface area contributed by atoms with Crippen LogP contribution in [0.3, 0.4) is 0 Å². The molecule has 0 aromatic heterocycles. The van der Waals surface area contributed by atoms with Crippen molar-refractivity contribution in [2.45, 2.75) is 31.2 Å². The van der Waals surface area contributed by atoms with Gasteiger partial charge in [-0.2, -0.15) is 5.26 Å². The molecule has 1 amide bonds. The number of amides is 1. The van der Waals surface area contributed by atoms with Crippen molar-refractivity contribution in [2.24, 2.45) is 5.92 Å². The van der Waals surface area contributed by atoms with E-state index in [1.165, 1.54) is 23.9 Å². The number of hydrogen-bond acceptors (Lipinski definition) is 3. The minimum atomic E-state index is -0.861. The van der Waals surface area contributed by atoms with E-state index in [0.717, 1.165) is 4.90 Å². The van der Waals surface area contributed by atoms with E-state index in [-0.39, 0.29) is 23.4 Å². The van der Waals surface area contributed by atoms with E-state index in [9.17, 15) is 9.18 Å². The molecule has 0 saturated heterocycles. The quantitative estimate of drug-likeness (QED) is 0.844. The topological polar surface area (TPSA) is 52.9 Å². The van der Waals surface area contributed by atoms with Crippen molar-refractivity contribution in [1.82, 2.24) is 5.32 Å². The Bertz CT molecular complexity index is 481. The van der Waals surface area contributed by atoms with Crippen LogP contribution in [0.5, 0.6) is 0 Å². The molecule has 0 heterocycles. The molecule has 102 valence electrons. The standard InChI is InChI=1S/C14H17FN2OS/c1-10(2)14(3,9-16)17-13(18)8-19-12-6-4-11(15)5-7-12/h4-7,10H,8H2,1-3H3,(H,17,18)/t14-/m1/s1. The van der Waals surface area contributed by atoms with Gasteiger partial charge in [-0.05, 0) is 37.1 Å². The fourth-order valence-electron chi connectivity index (χ4n) is 1.31. The lowest BCUT2D eigenvalue weighted by molar-refractivity contribution is -0.120. The van der Waals surface area contributed by atoms with Crippen LogP contribution in [0.25, 0.3) is 0 Å². The summed E-state index contributed by atoms with van der Waals surface area (Å²) in [6.45, 7) is 5.48. The zero-order valence-corrected chi connectivity index (χ0v) is 12.1. The number of nitrogens with one attached hydrogen (secondary N) is 1. The van der Waals surface area contributed by atoms with Gasteiger partial charge in [-0.15, -0.1) is 11.8 Å². The van der Waals surface area contributed by atoms with Crippen molar-refractivity contribution in [3.05, 3.63) is 30.1 Å². The number of halogens is 1. The summed E-state index contributed by atoms with van der Waals surface area (Å²) in [4.78, 5) is 12.6. The van der Waals surface area contributed by atoms with Crippen LogP contribution in [0.1, 0.15) is 20.8 Å². The Morgan fingerprint density at radius 3 is 2.53 bits per heavy atom. The Morgan fingerprint density at radius 1 is 1.47 bits per heavy atom. The molecule has 0 spiro atoms. The molecule has 0 radical (unpaired) electrons. The lowest BCUT2D eigenvalue weighted by Crippen LogP contribution is -2.49. The van der Waals surface area contributed by atoms with Gasteiger partial charge in [-0.3, -0.25) is 4.79 Å². The highest BCUT2D eigenvalue weighted by atomic mass is 32.2. The maximum atomic E-state index is 12.7. The molecule has 1 aromatic rings. The maximum absolute atomic E-state index is 12.7. The van der Waals surface area contributed by atoms with E-state index in [4.69, 9.17) is 5.26 Å². The fraction of sp³-hybridized carbons (Fsp3) is 0.429. The Hall–Kier alpha value is -1.54. The smallest absolute Gasteiger partial charge is 0.231 e. The number of nitriles is 1. The monoisotopic (exact) mass is 280 g/mol. The molecule has 0 aliphatic carbocycles. The zero-order chi connectivity index (χ0) is 14.5. The van der Waals surface area contributed by atoms with Gasteiger partial charge in [-0.1, -0.05) is 13.8 Å². The molecule has 0 fully saturated rings. The molecule has 0 bridgehead atoms. The van der Waals surface area contributed by atoms with Crippen molar-refractivity contribution in [3.8, 4) is 6.07 Å². The van der Waals surface area contributed by atoms with E-state index in [2.05, 4.69) is 11.4 Å². The van der Waals surface area contributed by atoms with Crippen molar-refractivity contribution < 1.29 is 9.18 Å². The van der Waals surface area contributed by atoms with Gasteiger partial charge in [0.2, 0.25) is 5.91 Å². The number of rotatable bonds is 5. The molecule has 19 heavy (non-hydrogen) atoms. The molecule has 0 unspecified atom stereocenters. The second kappa shape index (κ2) is 6.58. The Labute approximate surface area is 117 Å². The average molecular weight is 280 g/mol. The maximum Gasteiger partial charge on any atom is 0.231 e. The van der Waals surface area contributed by atoms with Gasteiger partial charge >= 0.3 is 0 Å². The van der Waals surface area contributed by atoms with Crippen LogP contribution >= 0.6 is 11.8 Å².